The van der Waals surface area contributed by atoms with Crippen LogP contribution in [-0.4, -0.2) is 14.5 Å². The van der Waals surface area contributed by atoms with Gasteiger partial charge in [-0.25, -0.2) is 4.98 Å². The maximum absolute atomic E-state index is 13.5. The molecule has 3 heterocycles. The first-order valence-corrected chi connectivity index (χ1v) is 10.2. The highest BCUT2D eigenvalue weighted by molar-refractivity contribution is 5.91. The topological polar surface area (TPSA) is 71.6 Å². The number of nitrogens with zero attached hydrogens (tertiary/aromatic N) is 4. The Bertz CT molecular complexity index is 1390. The van der Waals surface area contributed by atoms with Crippen molar-refractivity contribution in [1.29, 1.82) is 5.26 Å². The lowest BCUT2D eigenvalue weighted by Gasteiger charge is -2.13. The van der Waals surface area contributed by atoms with Crippen molar-refractivity contribution in [1.82, 2.24) is 14.5 Å². The van der Waals surface area contributed by atoms with Crippen molar-refractivity contribution in [3.8, 4) is 11.8 Å². The van der Waals surface area contributed by atoms with E-state index in [9.17, 15) is 10.1 Å². The first-order valence-electron chi connectivity index (χ1n) is 10.2. The smallest absolute Gasteiger partial charge is 0.264 e. The second-order valence-corrected chi connectivity index (χ2v) is 7.56. The monoisotopic (exact) mass is 406 g/mol. The molecule has 4 aromatic rings. The SMILES string of the molecule is CCc1ccc(/C(C#N)=C/c2cc3cccnc3n(-c3cc(C)cc(C)c3)c2=O)cn1. The second-order valence-electron chi connectivity index (χ2n) is 7.56. The van der Waals surface area contributed by atoms with Crippen molar-refractivity contribution in [2.45, 2.75) is 27.2 Å². The van der Waals surface area contributed by atoms with Gasteiger partial charge in [-0.2, -0.15) is 5.26 Å². The molecule has 0 saturated heterocycles. The minimum atomic E-state index is -0.220. The molecule has 152 valence electrons. The number of rotatable bonds is 4. The summed E-state index contributed by atoms with van der Waals surface area (Å²) < 4.78 is 1.62. The number of nitriles is 1. The lowest BCUT2D eigenvalue weighted by Crippen LogP contribution is -2.22. The van der Waals surface area contributed by atoms with Crippen LogP contribution < -0.4 is 5.56 Å². The van der Waals surface area contributed by atoms with Gasteiger partial charge >= 0.3 is 0 Å². The van der Waals surface area contributed by atoms with Crippen LogP contribution in [0.4, 0.5) is 0 Å². The highest BCUT2D eigenvalue weighted by Gasteiger charge is 2.13. The average molecular weight is 406 g/mol. The van der Waals surface area contributed by atoms with Crippen LogP contribution in [-0.2, 0) is 6.42 Å². The lowest BCUT2D eigenvalue weighted by molar-refractivity contribution is 1.00. The number of fused-ring (bicyclic) bond motifs is 1. The van der Waals surface area contributed by atoms with Crippen molar-refractivity contribution < 1.29 is 0 Å². The molecule has 3 aromatic heterocycles. The molecule has 0 fully saturated rings. The Morgan fingerprint density at radius 2 is 1.87 bits per heavy atom. The molecule has 0 aliphatic carbocycles. The molecule has 31 heavy (non-hydrogen) atoms. The molecule has 5 nitrogen and oxygen atoms in total. The fourth-order valence-electron chi connectivity index (χ4n) is 3.71. The molecule has 0 saturated carbocycles. The van der Waals surface area contributed by atoms with E-state index in [-0.39, 0.29) is 5.56 Å². The molecule has 4 rings (SSSR count). The highest BCUT2D eigenvalue weighted by atomic mass is 16.1. The summed E-state index contributed by atoms with van der Waals surface area (Å²) in [6.07, 6.45) is 5.82. The summed E-state index contributed by atoms with van der Waals surface area (Å²) in [4.78, 5) is 22.4. The number of aryl methyl sites for hydroxylation is 3. The first-order chi connectivity index (χ1) is 15.0. The minimum absolute atomic E-state index is 0.220. The molecular weight excluding hydrogens is 384 g/mol. The van der Waals surface area contributed by atoms with E-state index in [4.69, 9.17) is 0 Å². The van der Waals surface area contributed by atoms with Crippen molar-refractivity contribution in [2.24, 2.45) is 0 Å². The number of hydrogen-bond donors (Lipinski definition) is 0. The van der Waals surface area contributed by atoms with E-state index in [2.05, 4.69) is 22.1 Å². The Balaban J connectivity index is 1.97. The fourth-order valence-corrected chi connectivity index (χ4v) is 3.71. The number of benzene rings is 1. The zero-order chi connectivity index (χ0) is 22.0. The Hall–Kier alpha value is -4.04. The predicted molar refractivity (Wildman–Crippen MR) is 124 cm³/mol. The van der Waals surface area contributed by atoms with E-state index >= 15 is 0 Å². The van der Waals surface area contributed by atoms with Gasteiger partial charge in [-0.3, -0.25) is 14.3 Å². The zero-order valence-corrected chi connectivity index (χ0v) is 17.8. The van der Waals surface area contributed by atoms with E-state index in [1.807, 2.05) is 57.2 Å². The molecular formula is C26H22N4O. The van der Waals surface area contributed by atoms with Gasteiger partial charge in [0.05, 0.1) is 17.3 Å². The maximum atomic E-state index is 13.5. The molecule has 1 aromatic carbocycles. The normalized spacial score (nSPS) is 11.5. The molecule has 0 bridgehead atoms. The van der Waals surface area contributed by atoms with Crippen LogP contribution in [0.25, 0.3) is 28.4 Å². The van der Waals surface area contributed by atoms with Gasteiger partial charge < -0.3 is 0 Å². The van der Waals surface area contributed by atoms with Gasteiger partial charge in [0.25, 0.3) is 5.56 Å². The van der Waals surface area contributed by atoms with Crippen LogP contribution >= 0.6 is 0 Å². The van der Waals surface area contributed by atoms with E-state index < -0.39 is 0 Å². The average Bonchev–Trinajstić information content (AvgIpc) is 2.77. The van der Waals surface area contributed by atoms with Crippen LogP contribution in [0.1, 0.15) is 34.9 Å². The number of hydrogen-bond acceptors (Lipinski definition) is 4. The molecule has 0 spiro atoms. The maximum Gasteiger partial charge on any atom is 0.264 e. The largest absolute Gasteiger partial charge is 0.268 e. The molecule has 0 unspecified atom stereocenters. The van der Waals surface area contributed by atoms with Crippen molar-refractivity contribution in [2.75, 3.05) is 0 Å². The summed E-state index contributed by atoms with van der Waals surface area (Å²) in [5, 5.41) is 10.6. The molecule has 0 atom stereocenters. The van der Waals surface area contributed by atoms with Crippen molar-refractivity contribution in [3.63, 3.8) is 0 Å². The molecule has 0 aliphatic rings. The lowest BCUT2D eigenvalue weighted by atomic mass is 10.0. The second kappa shape index (κ2) is 8.37. The van der Waals surface area contributed by atoms with Crippen LogP contribution in [0.15, 0.2) is 65.7 Å². The highest BCUT2D eigenvalue weighted by Crippen LogP contribution is 2.21. The third-order valence-corrected chi connectivity index (χ3v) is 5.17. The van der Waals surface area contributed by atoms with Crippen LogP contribution in [0.2, 0.25) is 0 Å². The van der Waals surface area contributed by atoms with Gasteiger partial charge in [-0.1, -0.05) is 19.1 Å². The third kappa shape index (κ3) is 4.01. The van der Waals surface area contributed by atoms with Gasteiger partial charge in [0.15, 0.2) is 0 Å². The molecule has 0 aliphatic heterocycles. The summed E-state index contributed by atoms with van der Waals surface area (Å²) in [5.74, 6) is 0. The van der Waals surface area contributed by atoms with Crippen LogP contribution in [0.3, 0.4) is 0 Å². The molecule has 0 amide bonds. The Morgan fingerprint density at radius 1 is 1.10 bits per heavy atom. The number of pyridine rings is 3. The van der Waals surface area contributed by atoms with Crippen LogP contribution in [0.5, 0.6) is 0 Å². The standard InChI is InChI=1S/C26H22N4O/c1-4-23-8-7-20(16-29-23)22(15-27)14-21-13-19-6-5-9-28-25(19)30(26(21)31)24-11-17(2)10-18(3)12-24/h5-14,16H,4H2,1-3H3/b22-14+. The number of allylic oxidation sites excluding steroid dienone is 1. The minimum Gasteiger partial charge on any atom is -0.268 e. The molecule has 0 radical (unpaired) electrons. The van der Waals surface area contributed by atoms with Gasteiger partial charge in [0.2, 0.25) is 0 Å². The van der Waals surface area contributed by atoms with Crippen molar-refractivity contribution >= 4 is 22.7 Å². The van der Waals surface area contributed by atoms with Gasteiger partial charge in [-0.15, -0.1) is 0 Å². The summed E-state index contributed by atoms with van der Waals surface area (Å²) >= 11 is 0. The number of aromatic nitrogens is 3. The predicted octanol–water partition coefficient (Wildman–Crippen LogP) is 5.02. The Kier molecular flexibility index (Phi) is 5.46. The van der Waals surface area contributed by atoms with Gasteiger partial charge in [0.1, 0.15) is 5.65 Å². The molecule has 5 heteroatoms. The fraction of sp³-hybridized carbons (Fsp3) is 0.154. The third-order valence-electron chi connectivity index (χ3n) is 5.17. The summed E-state index contributed by atoms with van der Waals surface area (Å²) in [5.41, 5.74) is 5.70. The van der Waals surface area contributed by atoms with E-state index in [1.54, 1.807) is 29.1 Å². The van der Waals surface area contributed by atoms with E-state index in [0.29, 0.717) is 22.3 Å². The van der Waals surface area contributed by atoms with Crippen LogP contribution in [0, 0.1) is 25.2 Å². The van der Waals surface area contributed by atoms with E-state index in [0.717, 1.165) is 34.3 Å². The van der Waals surface area contributed by atoms with E-state index in [1.165, 1.54) is 0 Å². The van der Waals surface area contributed by atoms with Crippen molar-refractivity contribution in [3.05, 3.63) is 99.2 Å². The quantitative estimate of drug-likeness (QED) is 0.446. The summed E-state index contributed by atoms with van der Waals surface area (Å²) in [7, 11) is 0. The Morgan fingerprint density at radius 3 is 2.52 bits per heavy atom. The van der Waals surface area contributed by atoms with Gasteiger partial charge in [-0.05, 0) is 73.9 Å². The zero-order valence-electron chi connectivity index (χ0n) is 17.8. The Labute approximate surface area is 181 Å². The summed E-state index contributed by atoms with van der Waals surface area (Å²) in [6, 6.07) is 17.5. The molecule has 0 N–H and O–H groups in total. The summed E-state index contributed by atoms with van der Waals surface area (Å²) in [6.45, 7) is 6.03. The first kappa shape index (κ1) is 20.2. The van der Waals surface area contributed by atoms with Gasteiger partial charge in [0, 0.05) is 34.6 Å².